The summed E-state index contributed by atoms with van der Waals surface area (Å²) in [5, 5.41) is 0.512. The van der Waals surface area contributed by atoms with Gasteiger partial charge in [0.05, 0.1) is 10.6 Å². The topological polar surface area (TPSA) is 73.1 Å². The highest BCUT2D eigenvalue weighted by Crippen LogP contribution is 2.41. The summed E-state index contributed by atoms with van der Waals surface area (Å²) in [4.78, 5) is 8.93. The number of nitrogens with zero attached hydrogens (tertiary/aromatic N) is 2. The lowest BCUT2D eigenvalue weighted by Gasteiger charge is -2.13. The second kappa shape index (κ2) is 5.79. The molecule has 3 N–H and O–H groups in total. The highest BCUT2D eigenvalue weighted by molar-refractivity contribution is 9.10. The van der Waals surface area contributed by atoms with Gasteiger partial charge in [-0.3, -0.25) is 0 Å². The van der Waals surface area contributed by atoms with E-state index in [2.05, 4.69) is 31.3 Å². The van der Waals surface area contributed by atoms with E-state index in [-0.39, 0.29) is 0 Å². The number of hydrazine groups is 1. The number of aromatic nitrogens is 2. The number of rotatable bonds is 4. The van der Waals surface area contributed by atoms with Gasteiger partial charge in [-0.1, -0.05) is 27.5 Å². The minimum Gasteiger partial charge on any atom is -0.437 e. The van der Waals surface area contributed by atoms with Gasteiger partial charge in [0.25, 0.3) is 0 Å². The molecule has 1 aliphatic rings. The molecule has 1 aromatic heterocycles. The second-order valence-electron chi connectivity index (χ2n) is 4.96. The number of halogens is 2. The van der Waals surface area contributed by atoms with Gasteiger partial charge in [-0.25, -0.2) is 10.8 Å². The number of hydrogen-bond acceptors (Lipinski definition) is 5. The van der Waals surface area contributed by atoms with Crippen molar-refractivity contribution in [1.29, 1.82) is 0 Å². The summed E-state index contributed by atoms with van der Waals surface area (Å²) < 4.78 is 6.75. The van der Waals surface area contributed by atoms with Crippen molar-refractivity contribution >= 4 is 33.3 Å². The van der Waals surface area contributed by atoms with E-state index in [0.29, 0.717) is 28.4 Å². The SMILES string of the molecule is Cc1c(NN)nc(C2CC2)nc1Oc1ccc(Br)cc1Cl. The molecule has 1 saturated carbocycles. The Kier molecular flexibility index (Phi) is 4.01. The molecule has 110 valence electrons. The molecule has 3 rings (SSSR count). The van der Waals surface area contributed by atoms with E-state index in [1.165, 1.54) is 0 Å². The first-order valence-electron chi connectivity index (χ1n) is 6.56. The van der Waals surface area contributed by atoms with Gasteiger partial charge in [-0.15, -0.1) is 0 Å². The van der Waals surface area contributed by atoms with Gasteiger partial charge >= 0.3 is 0 Å². The molecule has 0 bridgehead atoms. The van der Waals surface area contributed by atoms with Crippen LogP contribution in [0.25, 0.3) is 0 Å². The quantitative estimate of drug-likeness (QED) is 0.625. The number of nitrogens with two attached hydrogens (primary N) is 1. The normalized spacial score (nSPS) is 14.1. The van der Waals surface area contributed by atoms with Crippen molar-refractivity contribution in [2.24, 2.45) is 5.84 Å². The third kappa shape index (κ3) is 3.12. The monoisotopic (exact) mass is 368 g/mol. The van der Waals surface area contributed by atoms with Crippen molar-refractivity contribution in [3.8, 4) is 11.6 Å². The molecule has 21 heavy (non-hydrogen) atoms. The predicted octanol–water partition coefficient (Wildman–Crippen LogP) is 4.16. The molecule has 5 nitrogen and oxygen atoms in total. The Morgan fingerprint density at radius 1 is 1.38 bits per heavy atom. The van der Waals surface area contributed by atoms with Gasteiger partial charge in [0.2, 0.25) is 5.88 Å². The van der Waals surface area contributed by atoms with Crippen molar-refractivity contribution in [3.05, 3.63) is 39.1 Å². The minimum atomic E-state index is 0.403. The molecule has 0 radical (unpaired) electrons. The molecule has 0 aliphatic heterocycles. The first-order chi connectivity index (χ1) is 10.1. The lowest BCUT2D eigenvalue weighted by atomic mass is 10.3. The van der Waals surface area contributed by atoms with Crippen LogP contribution in [0.1, 0.15) is 30.1 Å². The van der Waals surface area contributed by atoms with E-state index < -0.39 is 0 Å². The molecule has 0 spiro atoms. The van der Waals surface area contributed by atoms with Crippen LogP contribution in [0.4, 0.5) is 5.82 Å². The van der Waals surface area contributed by atoms with Gasteiger partial charge in [0.15, 0.2) is 5.82 Å². The molecule has 1 heterocycles. The Morgan fingerprint density at radius 2 is 2.14 bits per heavy atom. The van der Waals surface area contributed by atoms with E-state index in [1.807, 2.05) is 13.0 Å². The minimum absolute atomic E-state index is 0.403. The number of ether oxygens (including phenoxy) is 1. The standard InChI is InChI=1S/C14H14BrClN4O/c1-7-12(20-17)18-13(8-2-3-8)19-14(7)21-11-5-4-9(15)6-10(11)16/h4-6,8H,2-3,17H2,1H3,(H,18,19,20). The summed E-state index contributed by atoms with van der Waals surface area (Å²) >= 11 is 9.55. The maximum Gasteiger partial charge on any atom is 0.227 e. The average Bonchev–Trinajstić information content (AvgIpc) is 3.28. The number of nitrogen functional groups attached to an aromatic ring is 1. The zero-order valence-corrected chi connectivity index (χ0v) is 13.7. The fourth-order valence-electron chi connectivity index (χ4n) is 1.94. The van der Waals surface area contributed by atoms with Gasteiger partial charge in [-0.05, 0) is 38.0 Å². The van der Waals surface area contributed by atoms with Gasteiger partial charge in [0, 0.05) is 10.4 Å². The zero-order chi connectivity index (χ0) is 15.0. The van der Waals surface area contributed by atoms with Crippen molar-refractivity contribution < 1.29 is 4.74 Å². The van der Waals surface area contributed by atoms with Gasteiger partial charge < -0.3 is 10.2 Å². The van der Waals surface area contributed by atoms with Gasteiger partial charge in [-0.2, -0.15) is 4.98 Å². The molecule has 1 fully saturated rings. The van der Waals surface area contributed by atoms with Crippen LogP contribution in [0.5, 0.6) is 11.6 Å². The van der Waals surface area contributed by atoms with Crippen LogP contribution in [-0.2, 0) is 0 Å². The number of anilines is 1. The molecule has 2 aromatic rings. The van der Waals surface area contributed by atoms with Crippen LogP contribution >= 0.6 is 27.5 Å². The van der Waals surface area contributed by atoms with Gasteiger partial charge in [0.1, 0.15) is 11.6 Å². The molecule has 7 heteroatoms. The predicted molar refractivity (Wildman–Crippen MR) is 85.8 cm³/mol. The van der Waals surface area contributed by atoms with E-state index in [9.17, 15) is 0 Å². The van der Waals surface area contributed by atoms with Crippen molar-refractivity contribution in [3.63, 3.8) is 0 Å². The van der Waals surface area contributed by atoms with E-state index in [0.717, 1.165) is 28.7 Å². The second-order valence-corrected chi connectivity index (χ2v) is 6.28. The van der Waals surface area contributed by atoms with Crippen LogP contribution in [-0.4, -0.2) is 9.97 Å². The van der Waals surface area contributed by atoms with E-state index >= 15 is 0 Å². The van der Waals surface area contributed by atoms with Crippen LogP contribution < -0.4 is 16.0 Å². The highest BCUT2D eigenvalue weighted by Gasteiger charge is 2.28. The molecular formula is C14H14BrClN4O. The Labute approximate surface area is 136 Å². The van der Waals surface area contributed by atoms with Crippen LogP contribution in [0.2, 0.25) is 5.02 Å². The highest BCUT2D eigenvalue weighted by atomic mass is 79.9. The lowest BCUT2D eigenvalue weighted by Crippen LogP contribution is -2.13. The Morgan fingerprint density at radius 3 is 2.76 bits per heavy atom. The number of benzene rings is 1. The zero-order valence-electron chi connectivity index (χ0n) is 11.4. The Balaban J connectivity index is 1.98. The summed E-state index contributed by atoms with van der Waals surface area (Å²) in [5.41, 5.74) is 3.35. The fraction of sp³-hybridized carbons (Fsp3) is 0.286. The maximum atomic E-state index is 6.18. The third-order valence-corrected chi connectivity index (χ3v) is 4.09. The van der Waals surface area contributed by atoms with Crippen molar-refractivity contribution in [2.45, 2.75) is 25.7 Å². The Bertz CT molecular complexity index is 691. The first kappa shape index (κ1) is 14.6. The summed E-state index contributed by atoms with van der Waals surface area (Å²) in [6.07, 6.45) is 2.21. The van der Waals surface area contributed by atoms with Crippen LogP contribution in [0, 0.1) is 6.92 Å². The van der Waals surface area contributed by atoms with E-state index in [1.54, 1.807) is 12.1 Å². The molecule has 0 amide bonds. The average molecular weight is 370 g/mol. The molecule has 0 atom stereocenters. The van der Waals surface area contributed by atoms with Crippen LogP contribution in [0.15, 0.2) is 22.7 Å². The maximum absolute atomic E-state index is 6.18. The molecular weight excluding hydrogens is 356 g/mol. The molecule has 0 saturated heterocycles. The molecule has 0 unspecified atom stereocenters. The summed E-state index contributed by atoms with van der Waals surface area (Å²) in [5.74, 6) is 8.29. The fourth-order valence-corrected chi connectivity index (χ4v) is 2.65. The van der Waals surface area contributed by atoms with E-state index in [4.69, 9.17) is 22.2 Å². The summed E-state index contributed by atoms with van der Waals surface area (Å²) in [6.45, 7) is 1.86. The summed E-state index contributed by atoms with van der Waals surface area (Å²) in [7, 11) is 0. The Hall–Kier alpha value is -1.37. The third-order valence-electron chi connectivity index (χ3n) is 3.30. The molecule has 1 aromatic carbocycles. The first-order valence-corrected chi connectivity index (χ1v) is 7.73. The van der Waals surface area contributed by atoms with Crippen molar-refractivity contribution in [1.82, 2.24) is 9.97 Å². The number of nitrogens with one attached hydrogen (secondary N) is 1. The van der Waals surface area contributed by atoms with Crippen LogP contribution in [0.3, 0.4) is 0 Å². The lowest BCUT2D eigenvalue weighted by molar-refractivity contribution is 0.455. The largest absolute Gasteiger partial charge is 0.437 e. The molecule has 1 aliphatic carbocycles. The van der Waals surface area contributed by atoms with Crippen molar-refractivity contribution in [2.75, 3.05) is 5.43 Å². The number of hydrogen-bond donors (Lipinski definition) is 2. The summed E-state index contributed by atoms with van der Waals surface area (Å²) in [6, 6.07) is 5.43. The smallest absolute Gasteiger partial charge is 0.227 e.